The number of rotatable bonds is 63. The summed E-state index contributed by atoms with van der Waals surface area (Å²) in [5, 5.41) is 14.0. The van der Waals surface area contributed by atoms with E-state index in [9.17, 15) is 19.4 Å². The molecular weight excluding hydrogens is 1030 g/mol. The van der Waals surface area contributed by atoms with Crippen molar-refractivity contribution in [2.45, 2.75) is 321 Å². The molecule has 476 valence electrons. The van der Waals surface area contributed by atoms with Crippen molar-refractivity contribution in [1.82, 2.24) is 5.32 Å². The summed E-state index contributed by atoms with van der Waals surface area (Å²) in [4.78, 5) is 23.4. The monoisotopic (exact) mass is 1170 g/mol. The lowest BCUT2D eigenvalue weighted by Gasteiger charge is -2.25. The van der Waals surface area contributed by atoms with Gasteiger partial charge in [0, 0.05) is 6.42 Å². The Morgan fingerprint density at radius 1 is 0.427 bits per heavy atom. The molecule has 3 unspecified atom stereocenters. The number of nitrogens with one attached hydrogen (secondary N) is 1. The fourth-order valence-electron chi connectivity index (χ4n) is 9.97. The van der Waals surface area contributed by atoms with Crippen LogP contribution in [0.5, 0.6) is 0 Å². The van der Waals surface area contributed by atoms with Crippen LogP contribution in [0.4, 0.5) is 0 Å². The predicted molar refractivity (Wildman–Crippen MR) is 359 cm³/mol. The Balaban J connectivity index is 4.14. The molecule has 0 saturated carbocycles. The number of allylic oxidation sites excluding steroid dienone is 15. The molecule has 0 aliphatic rings. The maximum absolute atomic E-state index is 13.1. The maximum Gasteiger partial charge on any atom is 0.472 e. The molecule has 0 saturated heterocycles. The van der Waals surface area contributed by atoms with Gasteiger partial charge >= 0.3 is 7.82 Å². The average molecular weight is 1170 g/mol. The van der Waals surface area contributed by atoms with E-state index in [1.54, 1.807) is 6.08 Å². The highest BCUT2D eigenvalue weighted by Crippen LogP contribution is 2.43. The van der Waals surface area contributed by atoms with Crippen LogP contribution >= 0.6 is 7.82 Å². The molecule has 0 aliphatic carbocycles. The lowest BCUT2D eigenvalue weighted by atomic mass is 10.0. The van der Waals surface area contributed by atoms with Crippen molar-refractivity contribution >= 4 is 13.7 Å². The largest absolute Gasteiger partial charge is 0.472 e. The normalized spacial score (nSPS) is 14.3. The zero-order chi connectivity index (χ0) is 59.8. The number of likely N-dealkylation sites (N-methyl/N-ethyl adjacent to an activating group) is 1. The van der Waals surface area contributed by atoms with Gasteiger partial charge in [-0.25, -0.2) is 4.57 Å². The smallest absolute Gasteiger partial charge is 0.387 e. The van der Waals surface area contributed by atoms with E-state index in [-0.39, 0.29) is 19.1 Å². The van der Waals surface area contributed by atoms with Gasteiger partial charge < -0.3 is 19.8 Å². The van der Waals surface area contributed by atoms with E-state index in [2.05, 4.69) is 104 Å². The minimum Gasteiger partial charge on any atom is -0.387 e. The van der Waals surface area contributed by atoms with Crippen molar-refractivity contribution in [3.05, 3.63) is 97.2 Å². The minimum absolute atomic E-state index is 0.0564. The molecule has 8 nitrogen and oxygen atoms in total. The molecule has 3 N–H and O–H groups in total. The number of aliphatic hydroxyl groups is 1. The van der Waals surface area contributed by atoms with E-state index in [4.69, 9.17) is 9.05 Å². The number of hydrogen-bond donors (Lipinski definition) is 3. The summed E-state index contributed by atoms with van der Waals surface area (Å²) in [7, 11) is 1.56. The summed E-state index contributed by atoms with van der Waals surface area (Å²) in [6, 6.07) is -0.858. The number of quaternary nitrogens is 1. The molecule has 0 radical (unpaired) electrons. The van der Waals surface area contributed by atoms with Crippen LogP contribution in [0.1, 0.15) is 309 Å². The molecule has 0 fully saturated rings. The van der Waals surface area contributed by atoms with Crippen LogP contribution in [0.2, 0.25) is 0 Å². The molecule has 0 rings (SSSR count). The van der Waals surface area contributed by atoms with Crippen LogP contribution in [-0.4, -0.2) is 73.4 Å². The van der Waals surface area contributed by atoms with Gasteiger partial charge in [0.05, 0.1) is 39.9 Å². The molecule has 0 aromatic rings. The quantitative estimate of drug-likeness (QED) is 0.0243. The molecule has 0 aromatic heterocycles. The first kappa shape index (κ1) is 79.4. The van der Waals surface area contributed by atoms with Crippen LogP contribution < -0.4 is 5.32 Å². The first-order valence-corrected chi connectivity index (χ1v) is 36.1. The average Bonchev–Trinajstić information content (AvgIpc) is 3.47. The number of hydrogen-bond acceptors (Lipinski definition) is 5. The number of phosphoric acid groups is 1. The van der Waals surface area contributed by atoms with Crippen molar-refractivity contribution < 1.29 is 32.9 Å². The summed E-state index contributed by atoms with van der Waals surface area (Å²) in [5.74, 6) is -0.184. The molecule has 1 amide bonds. The second kappa shape index (κ2) is 62.9. The highest BCUT2D eigenvalue weighted by atomic mass is 31.2. The Morgan fingerprint density at radius 2 is 0.732 bits per heavy atom. The van der Waals surface area contributed by atoms with E-state index >= 15 is 0 Å². The van der Waals surface area contributed by atoms with E-state index in [0.29, 0.717) is 17.4 Å². The van der Waals surface area contributed by atoms with Crippen LogP contribution in [0.15, 0.2) is 97.2 Å². The van der Waals surface area contributed by atoms with Crippen molar-refractivity contribution in [2.24, 2.45) is 0 Å². The number of aliphatic hydroxyl groups excluding tert-OH is 1. The zero-order valence-electron chi connectivity index (χ0n) is 54.5. The number of phosphoric ester groups is 1. The molecule has 0 aliphatic heterocycles. The molecule has 3 atom stereocenters. The fraction of sp³-hybridized carbons (Fsp3) is 0.767. The third-order valence-electron chi connectivity index (χ3n) is 15.3. The second-order valence-corrected chi connectivity index (χ2v) is 26.0. The number of unbranched alkanes of at least 4 members (excludes halogenated alkanes) is 36. The molecule has 82 heavy (non-hydrogen) atoms. The first-order valence-electron chi connectivity index (χ1n) is 34.6. The molecule has 9 heteroatoms. The number of amides is 1. The number of carbonyl (C=O) groups excluding carboxylic acids is 1. The van der Waals surface area contributed by atoms with E-state index < -0.39 is 20.0 Å². The van der Waals surface area contributed by atoms with Gasteiger partial charge in [-0.3, -0.25) is 13.8 Å². The molecule has 0 bridgehead atoms. The van der Waals surface area contributed by atoms with Crippen LogP contribution in [0.25, 0.3) is 0 Å². The highest BCUT2D eigenvalue weighted by Gasteiger charge is 2.28. The van der Waals surface area contributed by atoms with Crippen molar-refractivity contribution in [3.63, 3.8) is 0 Å². The number of nitrogens with zero attached hydrogens (tertiary/aromatic N) is 1. The Kier molecular flexibility index (Phi) is 61.0. The standard InChI is InChI=1S/C73H133N2O6P/c1-6-8-10-12-14-16-18-20-22-24-26-28-30-32-34-36-37-39-41-43-45-47-49-51-53-55-57-59-61-63-65-67-73(77)74-71(70-81-82(78,79)80-69-68-75(3,4)5)72(76)66-64-62-60-58-56-54-52-50-48-46-44-42-40-38-35-33-31-29-27-25-23-21-19-17-15-13-11-9-7-2/h8,10,14,16,20,22,26,28,32,34,37,39,43,45,64,66,71-72,76H,6-7,9,11-13,15,17-19,21,23-25,27,29-31,33,35-36,38,40-42,44,46-63,65,67-70H2,1-5H3,(H-,74,77,78,79)/p+1/b10-8-,16-14-,22-20-,28-26-,34-32-,39-37-,45-43-,66-64+. The van der Waals surface area contributed by atoms with Crippen molar-refractivity contribution in [2.75, 3.05) is 40.9 Å². The number of carbonyl (C=O) groups is 1. The van der Waals surface area contributed by atoms with Gasteiger partial charge in [0.1, 0.15) is 13.2 Å². The Bertz CT molecular complexity index is 1660. The minimum atomic E-state index is -4.36. The van der Waals surface area contributed by atoms with Gasteiger partial charge in [-0.15, -0.1) is 0 Å². The summed E-state index contributed by atoms with van der Waals surface area (Å²) in [6.45, 7) is 4.72. The second-order valence-electron chi connectivity index (χ2n) is 24.5. The van der Waals surface area contributed by atoms with Gasteiger partial charge in [0.15, 0.2) is 0 Å². The Morgan fingerprint density at radius 3 is 1.07 bits per heavy atom. The van der Waals surface area contributed by atoms with E-state index in [0.717, 1.165) is 89.9 Å². The molecule has 0 aromatic carbocycles. The lowest BCUT2D eigenvalue weighted by molar-refractivity contribution is -0.870. The summed E-state index contributed by atoms with van der Waals surface area (Å²) in [6.07, 6.45) is 91.1. The van der Waals surface area contributed by atoms with Crippen molar-refractivity contribution in [1.29, 1.82) is 0 Å². The van der Waals surface area contributed by atoms with Crippen molar-refractivity contribution in [3.8, 4) is 0 Å². The topological polar surface area (TPSA) is 105 Å². The Hall–Kier alpha value is -2.58. The van der Waals surface area contributed by atoms with Crippen LogP contribution in [0, 0.1) is 0 Å². The van der Waals surface area contributed by atoms with Gasteiger partial charge in [0.2, 0.25) is 5.91 Å². The molecule has 0 spiro atoms. The van der Waals surface area contributed by atoms with Gasteiger partial charge in [-0.05, 0) is 77.0 Å². The van der Waals surface area contributed by atoms with E-state index in [1.165, 1.54) is 199 Å². The summed E-state index contributed by atoms with van der Waals surface area (Å²) < 4.78 is 23.8. The fourth-order valence-corrected chi connectivity index (χ4v) is 10.7. The highest BCUT2D eigenvalue weighted by molar-refractivity contribution is 7.47. The van der Waals surface area contributed by atoms with E-state index in [1.807, 2.05) is 27.2 Å². The molecule has 0 heterocycles. The van der Waals surface area contributed by atoms with Gasteiger partial charge in [-0.2, -0.15) is 0 Å². The SMILES string of the molecule is CC/C=C\C/C=C\C/C=C\C/C=C\C/C=C\C/C=C\C/C=C\CCCCCCCCCCCC(=O)NC(COP(=O)(O)OCC[N+](C)(C)C)C(O)/C=C/CCCCCCCCCCCCCCCCCCCCCCCCCCCCC. The third kappa shape index (κ3) is 65.0. The summed E-state index contributed by atoms with van der Waals surface area (Å²) in [5.41, 5.74) is 0. The molecular formula is C73H134N2O6P+. The Labute approximate surface area is 509 Å². The van der Waals surface area contributed by atoms with Gasteiger partial charge in [-0.1, -0.05) is 323 Å². The zero-order valence-corrected chi connectivity index (χ0v) is 55.4. The third-order valence-corrected chi connectivity index (χ3v) is 16.3. The van der Waals surface area contributed by atoms with Gasteiger partial charge in [0.25, 0.3) is 0 Å². The maximum atomic E-state index is 13.1. The predicted octanol–water partition coefficient (Wildman–Crippen LogP) is 22.1. The summed E-state index contributed by atoms with van der Waals surface area (Å²) >= 11 is 0. The first-order chi connectivity index (χ1) is 40.0. The van der Waals surface area contributed by atoms with Crippen LogP contribution in [-0.2, 0) is 18.4 Å². The lowest BCUT2D eigenvalue weighted by Crippen LogP contribution is -2.45. The van der Waals surface area contributed by atoms with Crippen LogP contribution in [0.3, 0.4) is 0 Å².